The van der Waals surface area contributed by atoms with Crippen LogP contribution >= 0.6 is 0 Å². The van der Waals surface area contributed by atoms with Crippen molar-refractivity contribution >= 4 is 18.0 Å². The van der Waals surface area contributed by atoms with Gasteiger partial charge in [-0.2, -0.15) is 0 Å². The quantitative estimate of drug-likeness (QED) is 0.450. The van der Waals surface area contributed by atoms with Crippen LogP contribution in [0.2, 0.25) is 0 Å². The maximum atomic E-state index is 12.8. The number of carboxylic acid groups (broad SMARTS) is 1. The Kier molecular flexibility index (Phi) is 8.68. The Bertz CT molecular complexity index is 974. The molecule has 0 spiro atoms. The van der Waals surface area contributed by atoms with Crippen LogP contribution in [-0.2, 0) is 14.3 Å². The second-order valence-corrected chi connectivity index (χ2v) is 9.24. The number of carbonyl (C=O) groups excluding carboxylic acids is 2. The Hall–Kier alpha value is -3.35. The van der Waals surface area contributed by atoms with E-state index < -0.39 is 24.0 Å². The molecule has 0 saturated heterocycles. The summed E-state index contributed by atoms with van der Waals surface area (Å²) in [6, 6.07) is 15.8. The van der Waals surface area contributed by atoms with Gasteiger partial charge in [0.2, 0.25) is 5.91 Å². The van der Waals surface area contributed by atoms with Crippen molar-refractivity contribution in [3.05, 3.63) is 59.7 Å². The first-order valence-corrected chi connectivity index (χ1v) is 11.9. The number of hydrogen-bond donors (Lipinski definition) is 3. The van der Waals surface area contributed by atoms with Crippen LogP contribution in [-0.4, -0.2) is 42.3 Å². The average Bonchev–Trinajstić information content (AvgIpc) is 3.13. The third-order valence-electron chi connectivity index (χ3n) is 6.22. The monoisotopic (exact) mass is 466 g/mol. The minimum absolute atomic E-state index is 0.0331. The Morgan fingerprint density at radius 2 is 1.59 bits per heavy atom. The molecule has 0 bridgehead atoms. The standard InChI is InChI=1S/C27H34N2O5/c1-4-19(14-25(30)31)29-26(32)18(13-17(2)3)15-28-27(33)34-16-24-22-11-7-5-9-20(22)21-10-6-8-12-23(21)24/h5-12,17-19,24H,4,13-16H2,1-3H3,(H,28,33)(H,29,32)(H,30,31)/t18?,19-/m1/s1. The number of carbonyl (C=O) groups is 3. The van der Waals surface area contributed by atoms with Crippen LogP contribution in [0.3, 0.4) is 0 Å². The summed E-state index contributed by atoms with van der Waals surface area (Å²) < 4.78 is 5.57. The van der Waals surface area contributed by atoms with E-state index >= 15 is 0 Å². The van der Waals surface area contributed by atoms with Gasteiger partial charge in [-0.3, -0.25) is 9.59 Å². The summed E-state index contributed by atoms with van der Waals surface area (Å²) in [4.78, 5) is 36.3. The highest BCUT2D eigenvalue weighted by molar-refractivity contribution is 5.81. The summed E-state index contributed by atoms with van der Waals surface area (Å²) in [6.07, 6.45) is 0.391. The van der Waals surface area contributed by atoms with Crippen molar-refractivity contribution in [2.45, 2.75) is 52.0 Å². The van der Waals surface area contributed by atoms with Crippen LogP contribution in [0.15, 0.2) is 48.5 Å². The molecule has 7 nitrogen and oxygen atoms in total. The molecule has 0 radical (unpaired) electrons. The number of ether oxygens (including phenoxy) is 1. The zero-order chi connectivity index (χ0) is 24.7. The van der Waals surface area contributed by atoms with Crippen molar-refractivity contribution in [1.82, 2.24) is 10.6 Å². The van der Waals surface area contributed by atoms with E-state index in [4.69, 9.17) is 9.84 Å². The van der Waals surface area contributed by atoms with E-state index in [0.717, 1.165) is 22.3 Å². The van der Waals surface area contributed by atoms with E-state index in [1.54, 1.807) is 0 Å². The summed E-state index contributed by atoms with van der Waals surface area (Å²) in [7, 11) is 0. The molecule has 0 fully saturated rings. The molecule has 2 aromatic carbocycles. The SMILES string of the molecule is CC[C@H](CC(=O)O)NC(=O)C(CNC(=O)OCC1c2ccccc2-c2ccccc21)CC(C)C. The topological polar surface area (TPSA) is 105 Å². The Morgan fingerprint density at radius 3 is 2.12 bits per heavy atom. The predicted molar refractivity (Wildman–Crippen MR) is 130 cm³/mol. The summed E-state index contributed by atoms with van der Waals surface area (Å²) in [5, 5.41) is 14.6. The molecule has 2 atom stereocenters. The lowest BCUT2D eigenvalue weighted by Crippen LogP contribution is -2.44. The molecule has 34 heavy (non-hydrogen) atoms. The van der Waals surface area contributed by atoms with Gasteiger partial charge in [0.05, 0.1) is 12.3 Å². The number of hydrogen-bond acceptors (Lipinski definition) is 4. The van der Waals surface area contributed by atoms with Crippen LogP contribution in [0.5, 0.6) is 0 Å². The zero-order valence-corrected chi connectivity index (χ0v) is 20.0. The largest absolute Gasteiger partial charge is 0.481 e. The van der Waals surface area contributed by atoms with Crippen molar-refractivity contribution in [2.75, 3.05) is 13.2 Å². The Labute approximate surface area is 200 Å². The molecule has 2 aromatic rings. The number of fused-ring (bicyclic) bond motifs is 3. The van der Waals surface area contributed by atoms with Gasteiger partial charge in [-0.05, 0) is 41.0 Å². The third-order valence-corrected chi connectivity index (χ3v) is 6.22. The Balaban J connectivity index is 1.58. The van der Waals surface area contributed by atoms with Crippen LogP contribution in [0, 0.1) is 11.8 Å². The predicted octanol–water partition coefficient (Wildman–Crippen LogP) is 4.56. The van der Waals surface area contributed by atoms with Crippen LogP contribution in [0.4, 0.5) is 4.79 Å². The molecule has 1 aliphatic carbocycles. The molecule has 3 rings (SSSR count). The molecule has 0 aromatic heterocycles. The first kappa shape index (κ1) is 25.3. The fourth-order valence-electron chi connectivity index (χ4n) is 4.54. The highest BCUT2D eigenvalue weighted by Gasteiger charge is 2.29. The van der Waals surface area contributed by atoms with Crippen molar-refractivity contribution in [2.24, 2.45) is 11.8 Å². The lowest BCUT2D eigenvalue weighted by Gasteiger charge is -2.23. The van der Waals surface area contributed by atoms with E-state index in [9.17, 15) is 14.4 Å². The van der Waals surface area contributed by atoms with E-state index in [-0.39, 0.29) is 37.3 Å². The number of rotatable bonds is 11. The molecule has 0 aliphatic heterocycles. The van der Waals surface area contributed by atoms with Crippen LogP contribution < -0.4 is 10.6 Å². The van der Waals surface area contributed by atoms with Crippen LogP contribution in [0.1, 0.15) is 57.1 Å². The molecule has 3 N–H and O–H groups in total. The van der Waals surface area contributed by atoms with Gasteiger partial charge >= 0.3 is 12.1 Å². The van der Waals surface area contributed by atoms with Gasteiger partial charge < -0.3 is 20.5 Å². The molecule has 0 saturated carbocycles. The van der Waals surface area contributed by atoms with Gasteiger partial charge in [-0.25, -0.2) is 4.79 Å². The number of nitrogens with one attached hydrogen (secondary N) is 2. The normalized spacial score (nSPS) is 14.1. The summed E-state index contributed by atoms with van der Waals surface area (Å²) in [6.45, 7) is 6.17. The fraction of sp³-hybridized carbons (Fsp3) is 0.444. The van der Waals surface area contributed by atoms with Gasteiger partial charge in [0.1, 0.15) is 6.61 Å². The van der Waals surface area contributed by atoms with Crippen LogP contribution in [0.25, 0.3) is 11.1 Å². The third kappa shape index (κ3) is 6.37. The van der Waals surface area contributed by atoms with Crippen molar-refractivity contribution in [3.8, 4) is 11.1 Å². The van der Waals surface area contributed by atoms with E-state index in [1.165, 1.54) is 0 Å². The molecule has 182 valence electrons. The summed E-state index contributed by atoms with van der Waals surface area (Å²) >= 11 is 0. The van der Waals surface area contributed by atoms with Gasteiger partial charge in [0.25, 0.3) is 0 Å². The molecular weight excluding hydrogens is 432 g/mol. The second kappa shape index (κ2) is 11.7. The summed E-state index contributed by atoms with van der Waals surface area (Å²) in [5.41, 5.74) is 4.59. The zero-order valence-electron chi connectivity index (χ0n) is 20.0. The fourth-order valence-corrected chi connectivity index (χ4v) is 4.54. The van der Waals surface area contributed by atoms with E-state index in [0.29, 0.717) is 12.8 Å². The first-order valence-electron chi connectivity index (χ1n) is 11.9. The maximum Gasteiger partial charge on any atom is 0.407 e. The van der Waals surface area contributed by atoms with E-state index in [2.05, 4.69) is 34.9 Å². The number of aliphatic carboxylic acids is 1. The summed E-state index contributed by atoms with van der Waals surface area (Å²) in [5.74, 6) is -1.47. The number of benzene rings is 2. The number of alkyl carbamates (subject to hydrolysis) is 1. The van der Waals surface area contributed by atoms with Gasteiger partial charge in [-0.1, -0.05) is 69.3 Å². The van der Waals surface area contributed by atoms with Gasteiger partial charge in [0, 0.05) is 18.5 Å². The lowest BCUT2D eigenvalue weighted by atomic mass is 9.95. The maximum absolute atomic E-state index is 12.8. The molecule has 2 amide bonds. The average molecular weight is 467 g/mol. The second-order valence-electron chi connectivity index (χ2n) is 9.24. The highest BCUT2D eigenvalue weighted by atomic mass is 16.5. The highest BCUT2D eigenvalue weighted by Crippen LogP contribution is 2.44. The molecule has 1 aliphatic rings. The molecule has 7 heteroatoms. The van der Waals surface area contributed by atoms with Crippen molar-refractivity contribution in [1.29, 1.82) is 0 Å². The lowest BCUT2D eigenvalue weighted by molar-refractivity contribution is -0.137. The van der Waals surface area contributed by atoms with Gasteiger partial charge in [0.15, 0.2) is 0 Å². The van der Waals surface area contributed by atoms with Crippen molar-refractivity contribution < 1.29 is 24.2 Å². The number of amides is 2. The smallest absolute Gasteiger partial charge is 0.407 e. The Morgan fingerprint density at radius 1 is 1.00 bits per heavy atom. The molecular formula is C27H34N2O5. The minimum Gasteiger partial charge on any atom is -0.481 e. The molecule has 0 heterocycles. The minimum atomic E-state index is -0.954. The molecule has 1 unspecified atom stereocenters. The first-order chi connectivity index (χ1) is 16.3. The van der Waals surface area contributed by atoms with E-state index in [1.807, 2.05) is 45.0 Å². The number of carboxylic acids is 1. The van der Waals surface area contributed by atoms with Gasteiger partial charge in [-0.15, -0.1) is 0 Å². The van der Waals surface area contributed by atoms with Crippen molar-refractivity contribution in [3.63, 3.8) is 0 Å².